The zero-order chi connectivity index (χ0) is 21.9. The number of carbonyl (C=O) groups excluding carboxylic acids is 1. The van der Waals surface area contributed by atoms with E-state index in [2.05, 4.69) is 9.97 Å². The van der Waals surface area contributed by atoms with Crippen LogP contribution >= 0.6 is 0 Å². The second kappa shape index (κ2) is 8.72. The lowest BCUT2D eigenvalue weighted by Crippen LogP contribution is -2.42. The Morgan fingerprint density at radius 2 is 2.03 bits per heavy atom. The van der Waals surface area contributed by atoms with Crippen LogP contribution in [0.2, 0.25) is 0 Å². The fourth-order valence-corrected chi connectivity index (χ4v) is 3.91. The van der Waals surface area contributed by atoms with Gasteiger partial charge in [-0.1, -0.05) is 36.4 Å². The first-order valence-corrected chi connectivity index (χ1v) is 10.4. The summed E-state index contributed by atoms with van der Waals surface area (Å²) in [4.78, 5) is 28.6. The summed E-state index contributed by atoms with van der Waals surface area (Å²) in [6.07, 6.45) is 4.72. The molecule has 4 aromatic rings. The number of carbonyl (C=O) groups is 1. The molecular formula is C25H22N4O3. The van der Waals surface area contributed by atoms with E-state index < -0.39 is 0 Å². The highest BCUT2D eigenvalue weighted by molar-refractivity contribution is 6.05. The molecule has 0 N–H and O–H groups in total. The quantitative estimate of drug-likeness (QED) is 0.492. The summed E-state index contributed by atoms with van der Waals surface area (Å²) in [6.45, 7) is 1.31. The SMILES string of the molecule is COc1cccc(-c2cncc(C3CN(C(=O)c4nccc5ccccc45)CCO3)n2)c1. The van der Waals surface area contributed by atoms with Gasteiger partial charge in [-0.2, -0.15) is 0 Å². The Labute approximate surface area is 185 Å². The normalized spacial score (nSPS) is 16.2. The molecule has 0 saturated carbocycles. The maximum atomic E-state index is 13.3. The van der Waals surface area contributed by atoms with Crippen LogP contribution in [0.1, 0.15) is 22.3 Å². The summed E-state index contributed by atoms with van der Waals surface area (Å²) in [6, 6.07) is 17.4. The van der Waals surface area contributed by atoms with E-state index in [4.69, 9.17) is 14.5 Å². The van der Waals surface area contributed by atoms with Crippen LogP contribution in [0.25, 0.3) is 22.0 Å². The van der Waals surface area contributed by atoms with Gasteiger partial charge in [0.15, 0.2) is 0 Å². The Balaban J connectivity index is 1.40. The number of amides is 1. The van der Waals surface area contributed by atoms with E-state index in [9.17, 15) is 4.79 Å². The second-order valence-corrected chi connectivity index (χ2v) is 7.55. The smallest absolute Gasteiger partial charge is 0.273 e. The Morgan fingerprint density at radius 3 is 2.94 bits per heavy atom. The monoisotopic (exact) mass is 426 g/mol. The molecular weight excluding hydrogens is 404 g/mol. The summed E-state index contributed by atoms with van der Waals surface area (Å²) in [5.41, 5.74) is 2.78. The predicted octanol–water partition coefficient (Wildman–Crippen LogP) is 3.91. The van der Waals surface area contributed by atoms with Crippen molar-refractivity contribution in [2.45, 2.75) is 6.10 Å². The Bertz CT molecular complexity index is 1270. The number of ether oxygens (including phenoxy) is 2. The molecule has 1 atom stereocenters. The van der Waals surface area contributed by atoms with Gasteiger partial charge in [0.2, 0.25) is 0 Å². The maximum Gasteiger partial charge on any atom is 0.273 e. The molecule has 7 heteroatoms. The minimum absolute atomic E-state index is 0.105. The van der Waals surface area contributed by atoms with Crippen LogP contribution in [0.4, 0.5) is 0 Å². The van der Waals surface area contributed by atoms with Gasteiger partial charge in [0, 0.05) is 23.7 Å². The number of nitrogens with zero attached hydrogens (tertiary/aromatic N) is 4. The van der Waals surface area contributed by atoms with Crippen LogP contribution in [-0.4, -0.2) is 52.6 Å². The van der Waals surface area contributed by atoms with E-state index in [0.717, 1.165) is 27.8 Å². The molecule has 32 heavy (non-hydrogen) atoms. The first kappa shape index (κ1) is 20.1. The molecule has 2 aromatic heterocycles. The number of morpholine rings is 1. The third-order valence-electron chi connectivity index (χ3n) is 5.58. The predicted molar refractivity (Wildman–Crippen MR) is 120 cm³/mol. The van der Waals surface area contributed by atoms with Crippen LogP contribution in [0.15, 0.2) is 73.2 Å². The summed E-state index contributed by atoms with van der Waals surface area (Å²) in [5, 5.41) is 1.84. The molecule has 2 aromatic carbocycles. The van der Waals surface area contributed by atoms with Gasteiger partial charge < -0.3 is 14.4 Å². The number of hydrogen-bond acceptors (Lipinski definition) is 6. The number of aromatic nitrogens is 3. The minimum atomic E-state index is -0.360. The van der Waals surface area contributed by atoms with Crippen molar-refractivity contribution in [2.24, 2.45) is 0 Å². The molecule has 3 heterocycles. The standard InChI is InChI=1S/C25H22N4O3/c1-31-19-7-4-6-18(13-19)21-14-26-15-22(28-21)23-16-29(11-12-32-23)25(30)24-20-8-3-2-5-17(20)9-10-27-24/h2-10,13-15,23H,11-12,16H2,1H3. The lowest BCUT2D eigenvalue weighted by molar-refractivity contribution is -0.0249. The molecule has 0 spiro atoms. The van der Waals surface area contributed by atoms with Crippen molar-refractivity contribution in [3.05, 3.63) is 84.6 Å². The molecule has 1 unspecified atom stereocenters. The molecule has 160 valence electrons. The van der Waals surface area contributed by atoms with Gasteiger partial charge in [-0.15, -0.1) is 0 Å². The van der Waals surface area contributed by atoms with E-state index in [-0.39, 0.29) is 12.0 Å². The molecule has 0 bridgehead atoms. The average molecular weight is 426 g/mol. The lowest BCUT2D eigenvalue weighted by Gasteiger charge is -2.32. The molecule has 0 aliphatic carbocycles. The first-order chi connectivity index (χ1) is 15.7. The zero-order valence-electron chi connectivity index (χ0n) is 17.6. The molecule has 1 aliphatic heterocycles. The van der Waals surface area contributed by atoms with Gasteiger partial charge >= 0.3 is 0 Å². The molecule has 1 amide bonds. The summed E-state index contributed by atoms with van der Waals surface area (Å²) in [5.74, 6) is 0.648. The highest BCUT2D eigenvalue weighted by Gasteiger charge is 2.29. The number of rotatable bonds is 4. The lowest BCUT2D eigenvalue weighted by atomic mass is 10.1. The number of fused-ring (bicyclic) bond motifs is 1. The Kier molecular flexibility index (Phi) is 5.47. The van der Waals surface area contributed by atoms with Crippen molar-refractivity contribution in [1.82, 2.24) is 19.9 Å². The van der Waals surface area contributed by atoms with Crippen molar-refractivity contribution in [3.8, 4) is 17.0 Å². The van der Waals surface area contributed by atoms with Gasteiger partial charge in [0.1, 0.15) is 17.5 Å². The van der Waals surface area contributed by atoms with Crippen LogP contribution < -0.4 is 4.74 Å². The molecule has 1 fully saturated rings. The van der Waals surface area contributed by atoms with Crippen molar-refractivity contribution >= 4 is 16.7 Å². The largest absolute Gasteiger partial charge is 0.497 e. The minimum Gasteiger partial charge on any atom is -0.497 e. The molecule has 0 radical (unpaired) electrons. The van der Waals surface area contributed by atoms with Crippen LogP contribution in [0.5, 0.6) is 5.75 Å². The fourth-order valence-electron chi connectivity index (χ4n) is 3.91. The maximum absolute atomic E-state index is 13.3. The van der Waals surface area contributed by atoms with Crippen LogP contribution in [0, 0.1) is 0 Å². The number of hydrogen-bond donors (Lipinski definition) is 0. The molecule has 5 rings (SSSR count). The van der Waals surface area contributed by atoms with Gasteiger partial charge in [0.05, 0.1) is 44.0 Å². The summed E-state index contributed by atoms with van der Waals surface area (Å²) < 4.78 is 11.3. The summed E-state index contributed by atoms with van der Waals surface area (Å²) >= 11 is 0. The Hall–Kier alpha value is -3.84. The first-order valence-electron chi connectivity index (χ1n) is 10.4. The fraction of sp³-hybridized carbons (Fsp3) is 0.200. The number of benzene rings is 2. The summed E-state index contributed by atoms with van der Waals surface area (Å²) in [7, 11) is 1.63. The van der Waals surface area contributed by atoms with E-state index in [1.165, 1.54) is 0 Å². The topological polar surface area (TPSA) is 77.4 Å². The van der Waals surface area contributed by atoms with E-state index in [0.29, 0.717) is 31.1 Å². The van der Waals surface area contributed by atoms with E-state index >= 15 is 0 Å². The van der Waals surface area contributed by atoms with Gasteiger partial charge in [-0.05, 0) is 23.6 Å². The molecule has 1 aliphatic rings. The zero-order valence-corrected chi connectivity index (χ0v) is 17.6. The average Bonchev–Trinajstić information content (AvgIpc) is 2.88. The number of methoxy groups -OCH3 is 1. The molecule has 7 nitrogen and oxygen atoms in total. The third-order valence-corrected chi connectivity index (χ3v) is 5.58. The third kappa shape index (κ3) is 3.90. The van der Waals surface area contributed by atoms with Crippen LogP contribution in [-0.2, 0) is 4.74 Å². The van der Waals surface area contributed by atoms with Crippen molar-refractivity contribution in [1.29, 1.82) is 0 Å². The molecule has 1 saturated heterocycles. The van der Waals surface area contributed by atoms with E-state index in [1.54, 1.807) is 30.6 Å². The van der Waals surface area contributed by atoms with Crippen LogP contribution in [0.3, 0.4) is 0 Å². The van der Waals surface area contributed by atoms with Crippen molar-refractivity contribution < 1.29 is 14.3 Å². The Morgan fingerprint density at radius 1 is 1.12 bits per heavy atom. The second-order valence-electron chi connectivity index (χ2n) is 7.55. The highest BCUT2D eigenvalue weighted by atomic mass is 16.5. The van der Waals surface area contributed by atoms with E-state index in [1.807, 2.05) is 54.6 Å². The van der Waals surface area contributed by atoms with Gasteiger partial charge in [-0.25, -0.2) is 4.98 Å². The number of pyridine rings is 1. The van der Waals surface area contributed by atoms with Gasteiger partial charge in [0.25, 0.3) is 5.91 Å². The van der Waals surface area contributed by atoms with Gasteiger partial charge in [-0.3, -0.25) is 14.8 Å². The highest BCUT2D eigenvalue weighted by Crippen LogP contribution is 2.26. The van der Waals surface area contributed by atoms with Crippen molar-refractivity contribution in [2.75, 3.05) is 26.8 Å². The van der Waals surface area contributed by atoms with Crippen molar-refractivity contribution in [3.63, 3.8) is 0 Å².